The summed E-state index contributed by atoms with van der Waals surface area (Å²) in [5.74, 6) is 1.82. The summed E-state index contributed by atoms with van der Waals surface area (Å²) < 4.78 is 22.9. The molecule has 0 radical (unpaired) electrons. The lowest BCUT2D eigenvalue weighted by atomic mass is 10.1. The molecule has 0 aliphatic carbocycles. The zero-order valence-corrected chi connectivity index (χ0v) is 17.3. The largest absolute Gasteiger partial charge is 0.496 e. The van der Waals surface area contributed by atoms with Gasteiger partial charge >= 0.3 is 0 Å². The van der Waals surface area contributed by atoms with Gasteiger partial charge < -0.3 is 24.3 Å². The van der Waals surface area contributed by atoms with Gasteiger partial charge in [0.25, 0.3) is 0 Å². The summed E-state index contributed by atoms with van der Waals surface area (Å²) in [5, 5.41) is 3.43. The van der Waals surface area contributed by atoms with Gasteiger partial charge in [0.05, 0.1) is 39.6 Å². The van der Waals surface area contributed by atoms with Crippen molar-refractivity contribution in [3.05, 3.63) is 58.7 Å². The van der Waals surface area contributed by atoms with Crippen LogP contribution in [0.15, 0.2) is 36.4 Å². The van der Waals surface area contributed by atoms with Gasteiger partial charge in [0.2, 0.25) is 0 Å². The highest BCUT2D eigenvalue weighted by Gasteiger charge is 2.23. The van der Waals surface area contributed by atoms with Crippen LogP contribution in [0.3, 0.4) is 0 Å². The Morgan fingerprint density at radius 3 is 1.64 bits per heavy atom. The first-order chi connectivity index (χ1) is 13.6. The second-order valence-electron chi connectivity index (χ2n) is 7.37. The third kappa shape index (κ3) is 5.47. The van der Waals surface area contributed by atoms with E-state index < -0.39 is 0 Å². The second kappa shape index (κ2) is 9.92. The molecule has 0 saturated carbocycles. The molecule has 1 aliphatic rings. The Morgan fingerprint density at radius 1 is 0.786 bits per heavy atom. The molecule has 2 aromatic rings. The molecule has 1 saturated heterocycles. The first-order valence-corrected chi connectivity index (χ1v) is 9.80. The zero-order chi connectivity index (χ0) is 19.9. The molecule has 1 heterocycles. The Labute approximate surface area is 168 Å². The molecule has 1 N–H and O–H groups in total. The van der Waals surface area contributed by atoms with E-state index in [-0.39, 0.29) is 12.2 Å². The summed E-state index contributed by atoms with van der Waals surface area (Å²) in [7, 11) is 3.39. The van der Waals surface area contributed by atoms with Gasteiger partial charge in [-0.1, -0.05) is 24.3 Å². The van der Waals surface area contributed by atoms with Gasteiger partial charge in [0, 0.05) is 19.5 Å². The molecule has 152 valence electrons. The fourth-order valence-electron chi connectivity index (χ4n) is 3.61. The number of nitrogens with one attached hydrogen (secondary N) is 1. The molecule has 5 nitrogen and oxygen atoms in total. The van der Waals surface area contributed by atoms with Crippen LogP contribution < -0.4 is 14.8 Å². The predicted molar refractivity (Wildman–Crippen MR) is 110 cm³/mol. The van der Waals surface area contributed by atoms with Crippen LogP contribution in [-0.4, -0.2) is 39.5 Å². The number of hydrogen-bond acceptors (Lipinski definition) is 5. The third-order valence-electron chi connectivity index (χ3n) is 5.16. The van der Waals surface area contributed by atoms with Crippen molar-refractivity contribution in [3.63, 3.8) is 0 Å². The van der Waals surface area contributed by atoms with E-state index in [0.29, 0.717) is 13.2 Å². The normalized spacial score (nSPS) is 19.4. The van der Waals surface area contributed by atoms with E-state index in [1.54, 1.807) is 14.2 Å². The minimum absolute atomic E-state index is 0.152. The first-order valence-electron chi connectivity index (χ1n) is 9.80. The molecule has 28 heavy (non-hydrogen) atoms. The molecule has 0 spiro atoms. The van der Waals surface area contributed by atoms with Crippen LogP contribution in [0.1, 0.15) is 28.7 Å². The molecular weight excluding hydrogens is 354 g/mol. The lowest BCUT2D eigenvalue weighted by molar-refractivity contribution is -0.0464. The van der Waals surface area contributed by atoms with E-state index in [1.165, 1.54) is 0 Å². The van der Waals surface area contributed by atoms with Crippen molar-refractivity contribution in [2.75, 3.05) is 27.3 Å². The summed E-state index contributed by atoms with van der Waals surface area (Å²) in [5.41, 5.74) is 4.58. The van der Waals surface area contributed by atoms with E-state index in [0.717, 1.165) is 53.3 Å². The van der Waals surface area contributed by atoms with E-state index >= 15 is 0 Å². The molecule has 0 bridgehead atoms. The Bertz CT molecular complexity index is 714. The number of hydrogen-bond donors (Lipinski definition) is 1. The maximum atomic E-state index is 6.13. The maximum Gasteiger partial charge on any atom is 0.121 e. The summed E-state index contributed by atoms with van der Waals surface area (Å²) in [6.07, 6.45) is 1.20. The van der Waals surface area contributed by atoms with Crippen LogP contribution in [0.25, 0.3) is 0 Å². The molecule has 0 amide bonds. The topological polar surface area (TPSA) is 49.0 Å². The van der Waals surface area contributed by atoms with Gasteiger partial charge in [-0.15, -0.1) is 0 Å². The number of rotatable bonds is 8. The highest BCUT2D eigenvalue weighted by Crippen LogP contribution is 2.22. The minimum Gasteiger partial charge on any atom is -0.496 e. The second-order valence-corrected chi connectivity index (χ2v) is 7.37. The van der Waals surface area contributed by atoms with Crippen molar-refractivity contribution < 1.29 is 18.9 Å². The van der Waals surface area contributed by atoms with Crippen LogP contribution in [-0.2, 0) is 22.7 Å². The quantitative estimate of drug-likeness (QED) is 0.749. The Morgan fingerprint density at radius 2 is 1.25 bits per heavy atom. The maximum absolute atomic E-state index is 6.13. The van der Waals surface area contributed by atoms with Crippen molar-refractivity contribution in [2.24, 2.45) is 0 Å². The fraction of sp³-hybridized carbons (Fsp3) is 0.478. The summed E-state index contributed by atoms with van der Waals surface area (Å²) >= 11 is 0. The molecule has 3 rings (SSSR count). The van der Waals surface area contributed by atoms with Gasteiger partial charge in [-0.2, -0.15) is 0 Å². The van der Waals surface area contributed by atoms with Crippen molar-refractivity contribution in [1.82, 2.24) is 5.32 Å². The van der Waals surface area contributed by atoms with Gasteiger partial charge in [0.15, 0.2) is 0 Å². The average Bonchev–Trinajstić information content (AvgIpc) is 2.71. The van der Waals surface area contributed by atoms with Crippen LogP contribution in [0.5, 0.6) is 11.5 Å². The Hall–Kier alpha value is -2.08. The van der Waals surface area contributed by atoms with Crippen LogP contribution in [0.4, 0.5) is 0 Å². The van der Waals surface area contributed by atoms with E-state index in [9.17, 15) is 0 Å². The number of ether oxygens (including phenoxy) is 4. The lowest BCUT2D eigenvalue weighted by Crippen LogP contribution is -2.44. The zero-order valence-electron chi connectivity index (χ0n) is 17.3. The highest BCUT2D eigenvalue weighted by atomic mass is 16.5. The van der Waals surface area contributed by atoms with Gasteiger partial charge in [-0.05, 0) is 48.2 Å². The Kier molecular flexibility index (Phi) is 7.31. The number of aryl methyl sites for hydroxylation is 2. The van der Waals surface area contributed by atoms with Gasteiger partial charge in [-0.3, -0.25) is 0 Å². The van der Waals surface area contributed by atoms with E-state index in [1.807, 2.05) is 12.1 Å². The molecule has 2 atom stereocenters. The summed E-state index contributed by atoms with van der Waals surface area (Å²) in [6.45, 7) is 7.01. The standard InChI is InChI=1S/C23H31NO4/c1-16-9-18(5-7-22(16)25-3)14-27-20-11-21(13-24-12-20)28-15-19-6-8-23(26-4)17(2)10-19/h5-10,20-21,24H,11-15H2,1-4H3. The molecule has 5 heteroatoms. The highest BCUT2D eigenvalue weighted by molar-refractivity contribution is 5.36. The van der Waals surface area contributed by atoms with Crippen molar-refractivity contribution >= 4 is 0 Å². The smallest absolute Gasteiger partial charge is 0.121 e. The Balaban J connectivity index is 1.47. The van der Waals surface area contributed by atoms with Crippen LogP contribution in [0.2, 0.25) is 0 Å². The average molecular weight is 386 g/mol. The van der Waals surface area contributed by atoms with Crippen LogP contribution >= 0.6 is 0 Å². The monoisotopic (exact) mass is 385 g/mol. The molecule has 2 aromatic carbocycles. The van der Waals surface area contributed by atoms with Crippen LogP contribution in [0, 0.1) is 13.8 Å². The number of piperidine rings is 1. The van der Waals surface area contributed by atoms with Crippen molar-refractivity contribution in [2.45, 2.75) is 45.7 Å². The van der Waals surface area contributed by atoms with Crippen molar-refractivity contribution in [3.8, 4) is 11.5 Å². The van der Waals surface area contributed by atoms with Crippen molar-refractivity contribution in [1.29, 1.82) is 0 Å². The predicted octanol–water partition coefficient (Wildman–Crippen LogP) is 3.78. The molecule has 0 aromatic heterocycles. The van der Waals surface area contributed by atoms with E-state index in [4.69, 9.17) is 18.9 Å². The molecule has 1 fully saturated rings. The summed E-state index contributed by atoms with van der Waals surface area (Å²) in [6, 6.07) is 12.3. The van der Waals surface area contributed by atoms with Gasteiger partial charge in [0.1, 0.15) is 11.5 Å². The SMILES string of the molecule is COc1ccc(COC2CNCC(OCc3ccc(OC)c(C)c3)C2)cc1C. The summed E-state index contributed by atoms with van der Waals surface area (Å²) in [4.78, 5) is 0. The minimum atomic E-state index is 0.152. The van der Waals surface area contributed by atoms with Gasteiger partial charge in [-0.25, -0.2) is 0 Å². The molecular formula is C23H31NO4. The third-order valence-corrected chi connectivity index (χ3v) is 5.16. The molecule has 2 unspecified atom stereocenters. The number of benzene rings is 2. The lowest BCUT2D eigenvalue weighted by Gasteiger charge is -2.30. The molecule has 1 aliphatic heterocycles. The fourth-order valence-corrected chi connectivity index (χ4v) is 3.61. The first kappa shape index (κ1) is 20.6. The van der Waals surface area contributed by atoms with E-state index in [2.05, 4.69) is 43.4 Å². The number of methoxy groups -OCH3 is 2.